The van der Waals surface area contributed by atoms with Crippen molar-refractivity contribution < 1.29 is 19.7 Å². The number of aliphatic hydroxyl groups is 1. The Balaban J connectivity index is 2.56. The summed E-state index contributed by atoms with van der Waals surface area (Å²) in [4.78, 5) is 12.8. The number of amides is 1. The van der Waals surface area contributed by atoms with E-state index in [1.54, 1.807) is 0 Å². The van der Waals surface area contributed by atoms with Crippen LogP contribution in [0, 0.1) is 0 Å². The topological polar surface area (TPSA) is 72.8 Å². The summed E-state index contributed by atoms with van der Waals surface area (Å²) in [6.07, 6.45) is -1.18. The Hall–Kier alpha value is -0.650. The van der Waals surface area contributed by atoms with Gasteiger partial charge in [0.25, 0.3) is 5.91 Å². The summed E-state index contributed by atoms with van der Waals surface area (Å²) in [5.74, 6) is -0.420. The van der Waals surface area contributed by atoms with E-state index in [0.29, 0.717) is 6.54 Å². The second kappa shape index (κ2) is 3.61. The molecule has 0 aromatic rings. The standard InChI is InChI=1S/C8H14NO4/c1-8(2,12)7(11)9-3-4-13-6(10)5-9/h6,12H,3-5H2,1-2H3/q-1/t6-/m1/s1. The van der Waals surface area contributed by atoms with Crippen LogP contribution in [0.1, 0.15) is 13.8 Å². The predicted octanol–water partition coefficient (Wildman–Crippen LogP) is -1.70. The molecule has 1 aliphatic heterocycles. The minimum atomic E-state index is -1.41. The first kappa shape index (κ1) is 10.4. The molecule has 1 fully saturated rings. The number of nitrogens with zero attached hydrogens (tertiary/aromatic N) is 1. The van der Waals surface area contributed by atoms with Gasteiger partial charge in [-0.05, 0) is 20.1 Å². The molecule has 5 nitrogen and oxygen atoms in total. The molecule has 1 amide bonds. The Morgan fingerprint density at radius 3 is 2.77 bits per heavy atom. The summed E-state index contributed by atoms with van der Waals surface area (Å²) >= 11 is 0. The number of morpholine rings is 1. The van der Waals surface area contributed by atoms with Gasteiger partial charge in [0, 0.05) is 13.1 Å². The van der Waals surface area contributed by atoms with Gasteiger partial charge in [-0.25, -0.2) is 0 Å². The van der Waals surface area contributed by atoms with Crippen LogP contribution in [-0.2, 0) is 9.53 Å². The average molecular weight is 188 g/mol. The maximum absolute atomic E-state index is 11.4. The molecular weight excluding hydrogens is 174 g/mol. The fraction of sp³-hybridized carbons (Fsp3) is 0.875. The zero-order valence-electron chi connectivity index (χ0n) is 7.82. The highest BCUT2D eigenvalue weighted by Crippen LogP contribution is 2.10. The molecule has 1 N–H and O–H groups in total. The first-order valence-electron chi connectivity index (χ1n) is 4.20. The third-order valence-electron chi connectivity index (χ3n) is 1.84. The van der Waals surface area contributed by atoms with Gasteiger partial charge in [0.2, 0.25) is 0 Å². The molecule has 1 heterocycles. The van der Waals surface area contributed by atoms with Crippen molar-refractivity contribution in [2.45, 2.75) is 25.7 Å². The van der Waals surface area contributed by atoms with Crippen molar-refractivity contribution in [1.29, 1.82) is 0 Å². The third kappa shape index (κ3) is 2.65. The Labute approximate surface area is 76.9 Å². The molecule has 1 atom stereocenters. The summed E-state index contributed by atoms with van der Waals surface area (Å²) in [7, 11) is 0. The summed E-state index contributed by atoms with van der Waals surface area (Å²) < 4.78 is 4.74. The van der Waals surface area contributed by atoms with E-state index in [4.69, 9.17) is 4.74 Å². The zero-order valence-corrected chi connectivity index (χ0v) is 7.82. The molecule has 0 bridgehead atoms. The van der Waals surface area contributed by atoms with E-state index in [9.17, 15) is 15.0 Å². The minimum absolute atomic E-state index is 0.0167. The van der Waals surface area contributed by atoms with Crippen molar-refractivity contribution in [3.8, 4) is 0 Å². The molecule has 0 aliphatic carbocycles. The highest BCUT2D eigenvalue weighted by Gasteiger charge is 2.30. The summed E-state index contributed by atoms with van der Waals surface area (Å²) in [6.45, 7) is 3.45. The van der Waals surface area contributed by atoms with Crippen LogP contribution in [0.15, 0.2) is 0 Å². The second-order valence-electron chi connectivity index (χ2n) is 3.61. The molecule has 1 rings (SSSR count). The van der Waals surface area contributed by atoms with Crippen LogP contribution in [0.4, 0.5) is 0 Å². The number of carbonyl (C=O) groups excluding carboxylic acids is 1. The number of ether oxygens (including phenoxy) is 1. The summed E-state index contributed by atoms with van der Waals surface area (Å²) in [6, 6.07) is 0. The molecular formula is C8H14NO4-. The van der Waals surface area contributed by atoms with Gasteiger partial charge < -0.3 is 19.8 Å². The van der Waals surface area contributed by atoms with Crippen LogP contribution in [0.3, 0.4) is 0 Å². The molecule has 0 unspecified atom stereocenters. The van der Waals surface area contributed by atoms with E-state index < -0.39 is 17.8 Å². The van der Waals surface area contributed by atoms with Crippen molar-refractivity contribution >= 4 is 5.91 Å². The van der Waals surface area contributed by atoms with Gasteiger partial charge in [-0.1, -0.05) is 0 Å². The number of carbonyl (C=O) groups is 1. The van der Waals surface area contributed by atoms with Gasteiger partial charge in [-0.2, -0.15) is 0 Å². The van der Waals surface area contributed by atoms with Crippen LogP contribution in [0.5, 0.6) is 0 Å². The van der Waals surface area contributed by atoms with Gasteiger partial charge in [0.1, 0.15) is 5.60 Å². The fourth-order valence-electron chi connectivity index (χ4n) is 1.19. The van der Waals surface area contributed by atoms with E-state index in [0.717, 1.165) is 0 Å². The molecule has 0 aromatic carbocycles. The van der Waals surface area contributed by atoms with Crippen molar-refractivity contribution in [3.63, 3.8) is 0 Å². The smallest absolute Gasteiger partial charge is 0.254 e. The summed E-state index contributed by atoms with van der Waals surface area (Å²) in [5.41, 5.74) is -1.41. The summed E-state index contributed by atoms with van der Waals surface area (Å²) in [5, 5.41) is 20.3. The lowest BCUT2D eigenvalue weighted by atomic mass is 10.1. The Morgan fingerprint density at radius 2 is 2.31 bits per heavy atom. The van der Waals surface area contributed by atoms with Gasteiger partial charge in [-0.15, -0.1) is 0 Å². The SMILES string of the molecule is CC(C)(O)C(=O)N1CCO[C@@H]([O-])C1. The highest BCUT2D eigenvalue weighted by atomic mass is 16.6. The molecule has 0 saturated carbocycles. The van der Waals surface area contributed by atoms with E-state index in [1.165, 1.54) is 18.7 Å². The van der Waals surface area contributed by atoms with Crippen LogP contribution in [0.2, 0.25) is 0 Å². The van der Waals surface area contributed by atoms with Gasteiger partial charge >= 0.3 is 0 Å². The predicted molar refractivity (Wildman–Crippen MR) is 42.6 cm³/mol. The van der Waals surface area contributed by atoms with Gasteiger partial charge in [0.15, 0.2) is 0 Å². The van der Waals surface area contributed by atoms with Gasteiger partial charge in [0.05, 0.1) is 6.61 Å². The van der Waals surface area contributed by atoms with Crippen molar-refractivity contribution in [1.82, 2.24) is 4.90 Å². The third-order valence-corrected chi connectivity index (χ3v) is 1.84. The van der Waals surface area contributed by atoms with E-state index in [1.807, 2.05) is 0 Å². The van der Waals surface area contributed by atoms with Crippen LogP contribution < -0.4 is 5.11 Å². The van der Waals surface area contributed by atoms with Crippen LogP contribution in [0.25, 0.3) is 0 Å². The van der Waals surface area contributed by atoms with Gasteiger partial charge in [-0.3, -0.25) is 4.79 Å². The number of hydrogen-bond donors (Lipinski definition) is 1. The Morgan fingerprint density at radius 1 is 1.69 bits per heavy atom. The number of rotatable bonds is 1. The highest BCUT2D eigenvalue weighted by molar-refractivity contribution is 5.84. The van der Waals surface area contributed by atoms with Crippen molar-refractivity contribution in [2.24, 2.45) is 0 Å². The minimum Gasteiger partial charge on any atom is -0.830 e. The molecule has 0 radical (unpaired) electrons. The Kier molecular flexibility index (Phi) is 2.90. The maximum atomic E-state index is 11.4. The molecule has 0 aromatic heterocycles. The normalized spacial score (nSPS) is 24.6. The zero-order chi connectivity index (χ0) is 10.1. The molecule has 76 valence electrons. The molecule has 0 spiro atoms. The van der Waals surface area contributed by atoms with E-state index in [-0.39, 0.29) is 13.2 Å². The second-order valence-corrected chi connectivity index (χ2v) is 3.61. The Bertz CT molecular complexity index is 199. The lowest BCUT2D eigenvalue weighted by molar-refractivity contribution is -0.497. The number of hydrogen-bond acceptors (Lipinski definition) is 4. The van der Waals surface area contributed by atoms with Crippen LogP contribution >= 0.6 is 0 Å². The van der Waals surface area contributed by atoms with E-state index >= 15 is 0 Å². The monoisotopic (exact) mass is 188 g/mol. The lowest BCUT2D eigenvalue weighted by Crippen LogP contribution is -2.55. The van der Waals surface area contributed by atoms with Crippen molar-refractivity contribution in [3.05, 3.63) is 0 Å². The molecule has 5 heteroatoms. The first-order valence-corrected chi connectivity index (χ1v) is 4.20. The first-order chi connectivity index (χ1) is 5.91. The fourth-order valence-corrected chi connectivity index (χ4v) is 1.19. The largest absolute Gasteiger partial charge is 0.830 e. The maximum Gasteiger partial charge on any atom is 0.254 e. The molecule has 1 aliphatic rings. The molecule has 1 saturated heterocycles. The van der Waals surface area contributed by atoms with E-state index in [2.05, 4.69) is 0 Å². The lowest BCUT2D eigenvalue weighted by Gasteiger charge is -2.38. The average Bonchev–Trinajstić information content (AvgIpc) is 2.01. The van der Waals surface area contributed by atoms with Crippen LogP contribution in [-0.4, -0.2) is 47.5 Å². The van der Waals surface area contributed by atoms with Crippen molar-refractivity contribution in [2.75, 3.05) is 19.7 Å². The quantitative estimate of drug-likeness (QED) is 0.532. The molecule has 13 heavy (non-hydrogen) atoms.